The van der Waals surface area contributed by atoms with Gasteiger partial charge in [-0.1, -0.05) is 193 Å². The van der Waals surface area contributed by atoms with Crippen LogP contribution in [-0.4, -0.2) is 37.0 Å². The molecule has 0 fully saturated rings. The molecule has 45 heavy (non-hydrogen) atoms. The Kier molecular flexibility index (Phi) is 38.5. The van der Waals surface area contributed by atoms with Gasteiger partial charge in [-0.25, -0.2) is 0 Å². The van der Waals surface area contributed by atoms with E-state index in [0.717, 1.165) is 19.3 Å². The monoisotopic (exact) mass is 637 g/mol. The van der Waals surface area contributed by atoms with Crippen molar-refractivity contribution in [2.45, 2.75) is 225 Å². The Morgan fingerprint density at radius 1 is 0.511 bits per heavy atom. The molecular formula is C41H80O4. The first-order valence-corrected chi connectivity index (χ1v) is 20.3. The number of allylic oxidation sites excluding steroid dienone is 2. The van der Waals surface area contributed by atoms with Crippen LogP contribution in [0.5, 0.6) is 0 Å². The predicted molar refractivity (Wildman–Crippen MR) is 196 cm³/mol. The van der Waals surface area contributed by atoms with E-state index in [2.05, 4.69) is 26.0 Å². The number of rotatable bonds is 38. The lowest BCUT2D eigenvalue weighted by Gasteiger charge is -2.15. The van der Waals surface area contributed by atoms with Crippen molar-refractivity contribution < 1.29 is 19.4 Å². The van der Waals surface area contributed by atoms with Crippen LogP contribution >= 0.6 is 0 Å². The zero-order valence-electron chi connectivity index (χ0n) is 30.7. The van der Waals surface area contributed by atoms with E-state index in [-0.39, 0.29) is 12.6 Å². The van der Waals surface area contributed by atoms with Crippen LogP contribution in [0, 0.1) is 0 Å². The van der Waals surface area contributed by atoms with Gasteiger partial charge in [-0.2, -0.15) is 0 Å². The van der Waals surface area contributed by atoms with E-state index < -0.39 is 6.10 Å². The number of aliphatic hydroxyl groups excluding tert-OH is 1. The molecule has 0 radical (unpaired) electrons. The summed E-state index contributed by atoms with van der Waals surface area (Å²) in [5, 5.41) is 9.55. The second-order valence-corrected chi connectivity index (χ2v) is 13.7. The van der Waals surface area contributed by atoms with Crippen molar-refractivity contribution >= 4 is 5.97 Å². The van der Waals surface area contributed by atoms with Crippen LogP contribution in [0.2, 0.25) is 0 Å². The summed E-state index contributed by atoms with van der Waals surface area (Å²) >= 11 is 0. The van der Waals surface area contributed by atoms with E-state index >= 15 is 0 Å². The Morgan fingerprint density at radius 2 is 0.911 bits per heavy atom. The van der Waals surface area contributed by atoms with Gasteiger partial charge in [0, 0.05) is 13.0 Å². The van der Waals surface area contributed by atoms with E-state index in [0.29, 0.717) is 19.6 Å². The molecule has 0 aromatic rings. The Balaban J connectivity index is 3.32. The van der Waals surface area contributed by atoms with Crippen molar-refractivity contribution in [3.8, 4) is 0 Å². The number of unbranched alkanes of at least 4 members (excludes halogenated alkanes) is 28. The Hall–Kier alpha value is -0.870. The maximum Gasteiger partial charge on any atom is 0.306 e. The number of aliphatic hydroxyl groups is 1. The molecule has 0 saturated carbocycles. The molecule has 0 aromatic carbocycles. The molecule has 0 rings (SSSR count). The predicted octanol–water partition coefficient (Wildman–Crippen LogP) is 13.0. The van der Waals surface area contributed by atoms with Crippen LogP contribution < -0.4 is 0 Å². The third-order valence-electron chi connectivity index (χ3n) is 9.07. The fourth-order valence-corrected chi connectivity index (χ4v) is 6.04. The third-order valence-corrected chi connectivity index (χ3v) is 9.07. The summed E-state index contributed by atoms with van der Waals surface area (Å²) in [5.41, 5.74) is 0. The minimum absolute atomic E-state index is 0.170. The molecule has 1 unspecified atom stereocenters. The number of carbonyl (C=O) groups excluding carboxylic acids is 1. The zero-order chi connectivity index (χ0) is 32.7. The highest BCUT2D eigenvalue weighted by Crippen LogP contribution is 2.16. The summed E-state index contributed by atoms with van der Waals surface area (Å²) in [7, 11) is 0. The van der Waals surface area contributed by atoms with Gasteiger partial charge in [0.05, 0.1) is 13.2 Å². The average molecular weight is 637 g/mol. The molecule has 0 amide bonds. The minimum atomic E-state index is -0.531. The van der Waals surface area contributed by atoms with E-state index in [9.17, 15) is 9.90 Å². The van der Waals surface area contributed by atoms with Crippen LogP contribution in [-0.2, 0) is 14.3 Å². The lowest BCUT2D eigenvalue weighted by molar-refractivity contribution is -0.154. The van der Waals surface area contributed by atoms with Gasteiger partial charge in [-0.15, -0.1) is 0 Å². The van der Waals surface area contributed by atoms with Gasteiger partial charge in [0.15, 0.2) is 0 Å². The molecule has 4 nitrogen and oxygen atoms in total. The van der Waals surface area contributed by atoms with Crippen LogP contribution in [0.25, 0.3) is 0 Å². The molecule has 0 aliphatic rings. The molecule has 0 aliphatic heterocycles. The second-order valence-electron chi connectivity index (χ2n) is 13.7. The molecule has 0 spiro atoms. The van der Waals surface area contributed by atoms with E-state index in [4.69, 9.17) is 9.47 Å². The molecule has 268 valence electrons. The highest BCUT2D eigenvalue weighted by atomic mass is 16.6. The maximum atomic E-state index is 12.1. The minimum Gasteiger partial charge on any atom is -0.457 e. The quantitative estimate of drug-likeness (QED) is 0.0416. The highest BCUT2D eigenvalue weighted by molar-refractivity contribution is 5.69. The number of hydrogen-bond donors (Lipinski definition) is 1. The summed E-state index contributed by atoms with van der Waals surface area (Å²) in [6.45, 7) is 5.31. The molecule has 0 aliphatic carbocycles. The van der Waals surface area contributed by atoms with Crippen molar-refractivity contribution in [2.24, 2.45) is 0 Å². The summed E-state index contributed by atoms with van der Waals surface area (Å²) in [6, 6.07) is 0. The molecule has 0 bridgehead atoms. The van der Waals surface area contributed by atoms with Crippen LogP contribution in [0.1, 0.15) is 219 Å². The zero-order valence-corrected chi connectivity index (χ0v) is 30.7. The van der Waals surface area contributed by atoms with Crippen molar-refractivity contribution in [3.05, 3.63) is 12.2 Å². The summed E-state index contributed by atoms with van der Waals surface area (Å²) in [6.07, 6.45) is 45.6. The molecule has 0 saturated heterocycles. The summed E-state index contributed by atoms with van der Waals surface area (Å²) in [5.74, 6) is -0.209. The fourth-order valence-electron chi connectivity index (χ4n) is 6.04. The van der Waals surface area contributed by atoms with Crippen LogP contribution in [0.15, 0.2) is 12.2 Å². The van der Waals surface area contributed by atoms with E-state index in [1.165, 1.54) is 180 Å². The maximum absolute atomic E-state index is 12.1. The summed E-state index contributed by atoms with van der Waals surface area (Å²) < 4.78 is 11.1. The molecule has 1 N–H and O–H groups in total. The second kappa shape index (κ2) is 39.3. The highest BCUT2D eigenvalue weighted by Gasteiger charge is 2.13. The number of esters is 1. The first-order valence-electron chi connectivity index (χ1n) is 20.3. The lowest BCUT2D eigenvalue weighted by Crippen LogP contribution is -2.27. The van der Waals surface area contributed by atoms with Crippen LogP contribution in [0.4, 0.5) is 0 Å². The van der Waals surface area contributed by atoms with E-state index in [1.54, 1.807) is 0 Å². The van der Waals surface area contributed by atoms with Crippen molar-refractivity contribution in [1.29, 1.82) is 0 Å². The largest absolute Gasteiger partial charge is 0.457 e. The van der Waals surface area contributed by atoms with Gasteiger partial charge in [-0.3, -0.25) is 4.79 Å². The normalized spacial score (nSPS) is 12.3. The smallest absolute Gasteiger partial charge is 0.306 e. The first kappa shape index (κ1) is 44.1. The number of ether oxygens (including phenoxy) is 2. The molecule has 0 heterocycles. The molecule has 0 aromatic heterocycles. The number of hydrogen-bond acceptors (Lipinski definition) is 4. The van der Waals surface area contributed by atoms with Crippen molar-refractivity contribution in [1.82, 2.24) is 0 Å². The van der Waals surface area contributed by atoms with Crippen molar-refractivity contribution in [2.75, 3.05) is 19.8 Å². The SMILES string of the molecule is CCC/C=C\CCCCCCCC(=O)OC(CO)COCCCCCCCCCCCCCCCCCCCCCCCCC. The van der Waals surface area contributed by atoms with E-state index in [1.807, 2.05) is 0 Å². The first-order chi connectivity index (χ1) is 22.2. The van der Waals surface area contributed by atoms with Gasteiger partial charge in [0.25, 0.3) is 0 Å². The Morgan fingerprint density at radius 3 is 1.36 bits per heavy atom. The van der Waals surface area contributed by atoms with Gasteiger partial charge in [0.1, 0.15) is 6.10 Å². The number of carbonyl (C=O) groups is 1. The fraction of sp³-hybridized carbons (Fsp3) is 0.927. The van der Waals surface area contributed by atoms with Gasteiger partial charge < -0.3 is 14.6 Å². The third kappa shape index (κ3) is 37.5. The topological polar surface area (TPSA) is 55.8 Å². The van der Waals surface area contributed by atoms with Crippen molar-refractivity contribution in [3.63, 3.8) is 0 Å². The molecular weight excluding hydrogens is 556 g/mol. The Bertz CT molecular complexity index is 590. The standard InChI is InChI=1S/C41H80O4/c1-3-5-7-9-11-13-15-16-17-18-19-20-21-22-23-24-25-26-27-29-31-33-35-37-44-39-40(38-42)45-41(43)36-34-32-30-28-14-12-10-8-6-4-2/h8,10,40,42H,3-7,9,11-39H2,1-2H3/b10-8-. The van der Waals surface area contributed by atoms with Gasteiger partial charge >= 0.3 is 5.97 Å². The molecule has 4 heteroatoms. The molecule has 1 atom stereocenters. The Labute approximate surface area is 282 Å². The van der Waals surface area contributed by atoms with Gasteiger partial charge in [-0.05, 0) is 32.1 Å². The van der Waals surface area contributed by atoms with Crippen LogP contribution in [0.3, 0.4) is 0 Å². The lowest BCUT2D eigenvalue weighted by atomic mass is 10.0. The average Bonchev–Trinajstić information content (AvgIpc) is 3.05. The van der Waals surface area contributed by atoms with Gasteiger partial charge in [0.2, 0.25) is 0 Å². The summed E-state index contributed by atoms with van der Waals surface area (Å²) in [4.78, 5) is 12.1.